The Morgan fingerprint density at radius 2 is 2.00 bits per heavy atom. The molecule has 0 bridgehead atoms. The summed E-state index contributed by atoms with van der Waals surface area (Å²) >= 11 is 0. The Labute approximate surface area is 147 Å². The maximum absolute atomic E-state index is 12.2. The Balaban J connectivity index is 1.57. The van der Waals surface area contributed by atoms with Crippen LogP contribution in [-0.4, -0.2) is 25.5 Å². The van der Waals surface area contributed by atoms with Crippen LogP contribution in [-0.2, 0) is 11.2 Å². The van der Waals surface area contributed by atoms with E-state index < -0.39 is 0 Å². The number of benzene rings is 1. The molecular formula is C19H23N5O. The molecule has 6 heteroatoms. The van der Waals surface area contributed by atoms with Crippen LogP contribution in [0.3, 0.4) is 0 Å². The van der Waals surface area contributed by atoms with E-state index in [1.165, 1.54) is 0 Å². The minimum atomic E-state index is -0.0162. The zero-order valence-electron chi connectivity index (χ0n) is 14.6. The van der Waals surface area contributed by atoms with Crippen LogP contribution in [0.1, 0.15) is 38.3 Å². The predicted octanol–water partition coefficient (Wildman–Crippen LogP) is 3.61. The fraction of sp³-hybridized carbons (Fsp3) is 0.316. The largest absolute Gasteiger partial charge is 0.311 e. The third kappa shape index (κ3) is 4.15. The van der Waals surface area contributed by atoms with E-state index in [1.54, 1.807) is 6.20 Å². The van der Waals surface area contributed by atoms with Gasteiger partial charge in [0.2, 0.25) is 5.91 Å². The minimum absolute atomic E-state index is 0.0162. The molecule has 25 heavy (non-hydrogen) atoms. The first-order valence-electron chi connectivity index (χ1n) is 8.59. The molecule has 1 atom stereocenters. The molecule has 1 amide bonds. The van der Waals surface area contributed by atoms with Crippen molar-refractivity contribution in [1.82, 2.24) is 19.6 Å². The molecule has 0 radical (unpaired) electrons. The highest BCUT2D eigenvalue weighted by Gasteiger charge is 2.11. The van der Waals surface area contributed by atoms with E-state index >= 15 is 0 Å². The molecular weight excluding hydrogens is 314 g/mol. The van der Waals surface area contributed by atoms with Gasteiger partial charge in [-0.25, -0.2) is 9.36 Å². The van der Waals surface area contributed by atoms with Crippen LogP contribution in [0.4, 0.5) is 5.82 Å². The number of nitrogens with zero attached hydrogens (tertiary/aromatic N) is 4. The summed E-state index contributed by atoms with van der Waals surface area (Å²) < 4.78 is 3.68. The molecule has 0 fully saturated rings. The summed E-state index contributed by atoms with van der Waals surface area (Å²) in [7, 11) is 0. The number of hydrogen-bond acceptors (Lipinski definition) is 3. The van der Waals surface area contributed by atoms with Crippen molar-refractivity contribution in [2.24, 2.45) is 0 Å². The zero-order valence-corrected chi connectivity index (χ0v) is 14.6. The fourth-order valence-corrected chi connectivity index (χ4v) is 2.61. The van der Waals surface area contributed by atoms with Gasteiger partial charge >= 0.3 is 0 Å². The summed E-state index contributed by atoms with van der Waals surface area (Å²) in [5, 5.41) is 11.6. The molecule has 1 unspecified atom stereocenters. The van der Waals surface area contributed by atoms with E-state index in [2.05, 4.69) is 29.4 Å². The maximum atomic E-state index is 12.2. The summed E-state index contributed by atoms with van der Waals surface area (Å²) in [6, 6.07) is 12.0. The number of para-hydroxylation sites is 1. The first kappa shape index (κ1) is 17.0. The second-order valence-electron chi connectivity index (χ2n) is 6.10. The van der Waals surface area contributed by atoms with Gasteiger partial charge in [0, 0.05) is 18.7 Å². The summed E-state index contributed by atoms with van der Waals surface area (Å²) in [6.45, 7) is 4.18. The van der Waals surface area contributed by atoms with Crippen molar-refractivity contribution >= 4 is 11.7 Å². The summed E-state index contributed by atoms with van der Waals surface area (Å²) in [5.74, 6) is 0.733. The monoisotopic (exact) mass is 337 g/mol. The number of rotatable bonds is 7. The van der Waals surface area contributed by atoms with Crippen molar-refractivity contribution in [3.63, 3.8) is 0 Å². The van der Waals surface area contributed by atoms with Gasteiger partial charge in [-0.2, -0.15) is 10.2 Å². The van der Waals surface area contributed by atoms with Crippen molar-refractivity contribution in [2.75, 3.05) is 5.32 Å². The van der Waals surface area contributed by atoms with Crippen LogP contribution in [0.5, 0.6) is 0 Å². The number of amides is 1. The van der Waals surface area contributed by atoms with E-state index in [0.717, 1.165) is 23.5 Å². The van der Waals surface area contributed by atoms with Crippen LogP contribution in [0.25, 0.3) is 5.69 Å². The van der Waals surface area contributed by atoms with Gasteiger partial charge in [0.25, 0.3) is 0 Å². The second kappa shape index (κ2) is 7.79. The predicted molar refractivity (Wildman–Crippen MR) is 97.7 cm³/mol. The maximum Gasteiger partial charge on any atom is 0.225 e. The highest BCUT2D eigenvalue weighted by atomic mass is 16.1. The van der Waals surface area contributed by atoms with Crippen LogP contribution in [0.15, 0.2) is 55.0 Å². The third-order valence-corrected chi connectivity index (χ3v) is 4.24. The van der Waals surface area contributed by atoms with E-state index in [0.29, 0.717) is 12.8 Å². The summed E-state index contributed by atoms with van der Waals surface area (Å²) in [6.07, 6.45) is 7.51. The van der Waals surface area contributed by atoms with Gasteiger partial charge in [-0.05, 0) is 37.5 Å². The number of anilines is 1. The topological polar surface area (TPSA) is 64.7 Å². The quantitative estimate of drug-likeness (QED) is 0.716. The van der Waals surface area contributed by atoms with Crippen LogP contribution in [0.2, 0.25) is 0 Å². The molecule has 0 aliphatic rings. The normalized spacial score (nSPS) is 12.1. The molecule has 0 aliphatic heterocycles. The zero-order chi connectivity index (χ0) is 17.6. The highest BCUT2D eigenvalue weighted by molar-refractivity contribution is 5.89. The molecule has 130 valence electrons. The second-order valence-corrected chi connectivity index (χ2v) is 6.10. The Morgan fingerprint density at radius 3 is 2.76 bits per heavy atom. The molecule has 3 rings (SSSR count). The van der Waals surface area contributed by atoms with E-state index in [9.17, 15) is 4.79 Å². The Bertz CT molecular complexity index is 821. The Morgan fingerprint density at radius 1 is 1.20 bits per heavy atom. The highest BCUT2D eigenvalue weighted by Crippen LogP contribution is 2.17. The van der Waals surface area contributed by atoms with Crippen molar-refractivity contribution in [2.45, 2.75) is 39.2 Å². The van der Waals surface area contributed by atoms with Gasteiger partial charge in [-0.15, -0.1) is 0 Å². The molecule has 1 N–H and O–H groups in total. The van der Waals surface area contributed by atoms with E-state index in [1.807, 2.05) is 58.2 Å². The van der Waals surface area contributed by atoms with Gasteiger partial charge in [-0.1, -0.05) is 25.1 Å². The average molecular weight is 337 g/mol. The summed E-state index contributed by atoms with van der Waals surface area (Å²) in [5.41, 5.74) is 2.05. The van der Waals surface area contributed by atoms with Crippen LogP contribution >= 0.6 is 0 Å². The molecule has 1 aromatic carbocycles. The lowest BCUT2D eigenvalue weighted by molar-refractivity contribution is -0.116. The Hall–Kier alpha value is -2.89. The van der Waals surface area contributed by atoms with Gasteiger partial charge < -0.3 is 5.32 Å². The van der Waals surface area contributed by atoms with Crippen molar-refractivity contribution < 1.29 is 4.79 Å². The number of hydrogen-bond donors (Lipinski definition) is 1. The molecule has 2 aromatic heterocycles. The average Bonchev–Trinajstić information content (AvgIpc) is 3.29. The summed E-state index contributed by atoms with van der Waals surface area (Å²) in [4.78, 5) is 12.2. The van der Waals surface area contributed by atoms with Crippen LogP contribution in [0, 0.1) is 0 Å². The standard InChI is InChI=1S/C19H23N5O/c1-3-15(2)24-18(11-12-20-24)22-19(25)10-9-16-13-21-23(14-16)17-7-5-4-6-8-17/h4-8,11-15H,3,9-10H2,1-2H3,(H,22,25). The lowest BCUT2D eigenvalue weighted by atomic mass is 10.2. The van der Waals surface area contributed by atoms with Crippen molar-refractivity contribution in [3.8, 4) is 5.69 Å². The van der Waals surface area contributed by atoms with E-state index in [4.69, 9.17) is 0 Å². The number of aryl methyl sites for hydroxylation is 1. The number of carbonyl (C=O) groups excluding carboxylic acids is 1. The van der Waals surface area contributed by atoms with Crippen LogP contribution < -0.4 is 5.32 Å². The molecule has 0 saturated carbocycles. The first-order chi connectivity index (χ1) is 12.2. The van der Waals surface area contributed by atoms with Gasteiger partial charge in [-0.3, -0.25) is 4.79 Å². The molecule has 0 aliphatic carbocycles. The van der Waals surface area contributed by atoms with Gasteiger partial charge in [0.05, 0.1) is 24.1 Å². The van der Waals surface area contributed by atoms with E-state index in [-0.39, 0.29) is 11.9 Å². The lowest BCUT2D eigenvalue weighted by Gasteiger charge is -2.14. The number of nitrogens with one attached hydrogen (secondary N) is 1. The fourth-order valence-electron chi connectivity index (χ4n) is 2.61. The SMILES string of the molecule is CCC(C)n1nccc1NC(=O)CCc1cnn(-c2ccccc2)c1. The number of carbonyl (C=O) groups is 1. The smallest absolute Gasteiger partial charge is 0.225 e. The van der Waals surface area contributed by atoms with Gasteiger partial charge in [0.1, 0.15) is 5.82 Å². The van der Waals surface area contributed by atoms with Crippen molar-refractivity contribution in [1.29, 1.82) is 0 Å². The molecule has 2 heterocycles. The third-order valence-electron chi connectivity index (χ3n) is 4.24. The van der Waals surface area contributed by atoms with Gasteiger partial charge in [0.15, 0.2) is 0 Å². The molecule has 0 saturated heterocycles. The minimum Gasteiger partial charge on any atom is -0.311 e. The molecule has 3 aromatic rings. The first-order valence-corrected chi connectivity index (χ1v) is 8.59. The van der Waals surface area contributed by atoms with Crippen molar-refractivity contribution in [3.05, 3.63) is 60.6 Å². The number of aromatic nitrogens is 4. The Kier molecular flexibility index (Phi) is 5.28. The lowest BCUT2D eigenvalue weighted by Crippen LogP contribution is -2.17. The molecule has 0 spiro atoms. The molecule has 6 nitrogen and oxygen atoms in total.